The first-order valence-corrected chi connectivity index (χ1v) is 7.21. The van der Waals surface area contributed by atoms with Crippen LogP contribution in [-0.2, 0) is 17.8 Å². The third-order valence-electron chi connectivity index (χ3n) is 4.01. The normalized spacial score (nSPS) is 21.7. The van der Waals surface area contributed by atoms with Gasteiger partial charge in [-0.25, -0.2) is 0 Å². The molecule has 21 heavy (non-hydrogen) atoms. The largest absolute Gasteiger partial charge is 0.345 e. The molecular formula is C13H23Cl2N5O. The van der Waals surface area contributed by atoms with E-state index < -0.39 is 0 Å². The minimum absolute atomic E-state index is 0. The molecule has 8 heteroatoms. The number of piperidine rings is 1. The van der Waals surface area contributed by atoms with E-state index in [1.54, 1.807) is 0 Å². The number of aryl methyl sites for hydroxylation is 1. The van der Waals surface area contributed by atoms with Crippen molar-refractivity contribution in [3.05, 3.63) is 11.6 Å². The summed E-state index contributed by atoms with van der Waals surface area (Å²) in [5, 5.41) is 14.7. The van der Waals surface area contributed by atoms with Gasteiger partial charge >= 0.3 is 0 Å². The molecule has 0 aliphatic carbocycles. The second-order valence-corrected chi connectivity index (χ2v) is 5.46. The maximum Gasteiger partial charge on any atom is 0.237 e. The maximum atomic E-state index is 12.2. The van der Waals surface area contributed by atoms with E-state index in [-0.39, 0.29) is 42.8 Å². The van der Waals surface area contributed by atoms with Crippen molar-refractivity contribution in [2.24, 2.45) is 0 Å². The van der Waals surface area contributed by atoms with E-state index in [1.807, 2.05) is 6.92 Å². The Morgan fingerprint density at radius 2 is 2.14 bits per heavy atom. The highest BCUT2D eigenvalue weighted by Gasteiger charge is 2.25. The fourth-order valence-electron chi connectivity index (χ4n) is 2.95. The number of hydrogen-bond acceptors (Lipinski definition) is 4. The maximum absolute atomic E-state index is 12.2. The first-order valence-electron chi connectivity index (χ1n) is 7.21. The highest BCUT2D eigenvalue weighted by Crippen LogP contribution is 2.19. The number of hydrogen-bond donors (Lipinski definition) is 2. The number of fused-ring (bicyclic) bond motifs is 1. The quantitative estimate of drug-likeness (QED) is 0.875. The zero-order valence-corrected chi connectivity index (χ0v) is 13.8. The van der Waals surface area contributed by atoms with Gasteiger partial charge in [0.25, 0.3) is 0 Å². The van der Waals surface area contributed by atoms with Crippen molar-refractivity contribution in [1.29, 1.82) is 0 Å². The summed E-state index contributed by atoms with van der Waals surface area (Å²) in [6.07, 6.45) is 5.34. The number of rotatable bonds is 3. The highest BCUT2D eigenvalue weighted by atomic mass is 35.5. The number of nitrogens with one attached hydrogen (secondary N) is 2. The van der Waals surface area contributed by atoms with Crippen LogP contribution in [0.5, 0.6) is 0 Å². The van der Waals surface area contributed by atoms with Crippen LogP contribution in [0.3, 0.4) is 0 Å². The van der Waals surface area contributed by atoms with Gasteiger partial charge in [0.1, 0.15) is 5.82 Å². The van der Waals surface area contributed by atoms with Gasteiger partial charge in [-0.05, 0) is 32.7 Å². The Bertz CT molecular complexity index is 473. The van der Waals surface area contributed by atoms with E-state index in [4.69, 9.17) is 0 Å². The van der Waals surface area contributed by atoms with Gasteiger partial charge in [0.2, 0.25) is 5.91 Å². The molecule has 2 N–H and O–H groups in total. The lowest BCUT2D eigenvalue weighted by Crippen LogP contribution is -2.47. The minimum Gasteiger partial charge on any atom is -0.345 e. The third kappa shape index (κ3) is 3.87. The molecule has 0 radical (unpaired) electrons. The SMILES string of the molecule is CC(NC(=O)C1CCCCN1)c1nnc2n1CCC2.Cl.Cl. The molecule has 3 heterocycles. The molecule has 6 nitrogen and oxygen atoms in total. The Labute approximate surface area is 137 Å². The first-order chi connectivity index (χ1) is 9.25. The van der Waals surface area contributed by atoms with E-state index in [0.29, 0.717) is 0 Å². The van der Waals surface area contributed by atoms with Gasteiger partial charge in [-0.3, -0.25) is 4.79 Å². The standard InChI is InChI=1S/C13H21N5O.2ClH/c1-9(12-17-16-11-6-4-8-18(11)12)15-13(19)10-5-2-3-7-14-10;;/h9-10,14H,2-8H2,1H3,(H,15,19);2*1H. The molecule has 0 spiro atoms. The van der Waals surface area contributed by atoms with Gasteiger partial charge in [0, 0.05) is 13.0 Å². The van der Waals surface area contributed by atoms with Gasteiger partial charge in [0.15, 0.2) is 5.82 Å². The topological polar surface area (TPSA) is 71.8 Å². The number of aromatic nitrogens is 3. The van der Waals surface area contributed by atoms with Crippen molar-refractivity contribution in [3.8, 4) is 0 Å². The average molecular weight is 336 g/mol. The van der Waals surface area contributed by atoms with Crippen LogP contribution in [0.4, 0.5) is 0 Å². The van der Waals surface area contributed by atoms with Gasteiger partial charge in [-0.1, -0.05) is 6.42 Å². The second-order valence-electron chi connectivity index (χ2n) is 5.46. The Morgan fingerprint density at radius 1 is 1.33 bits per heavy atom. The molecule has 2 unspecified atom stereocenters. The van der Waals surface area contributed by atoms with Crippen LogP contribution < -0.4 is 10.6 Å². The van der Waals surface area contributed by atoms with E-state index in [0.717, 1.165) is 56.8 Å². The average Bonchev–Trinajstić information content (AvgIpc) is 3.01. The zero-order valence-electron chi connectivity index (χ0n) is 12.2. The molecule has 0 aromatic carbocycles. The molecule has 3 rings (SSSR count). The Hall–Kier alpha value is -0.850. The van der Waals surface area contributed by atoms with E-state index >= 15 is 0 Å². The Morgan fingerprint density at radius 3 is 2.86 bits per heavy atom. The summed E-state index contributed by atoms with van der Waals surface area (Å²) >= 11 is 0. The Balaban J connectivity index is 0.00000110. The molecule has 1 aromatic rings. The molecule has 1 aromatic heterocycles. The van der Waals surface area contributed by atoms with Crippen LogP contribution in [0, 0.1) is 0 Å². The third-order valence-corrected chi connectivity index (χ3v) is 4.01. The van der Waals surface area contributed by atoms with Gasteiger partial charge in [-0.2, -0.15) is 0 Å². The number of amides is 1. The van der Waals surface area contributed by atoms with E-state index in [2.05, 4.69) is 25.4 Å². The van der Waals surface area contributed by atoms with E-state index in [1.165, 1.54) is 0 Å². The number of halogens is 2. The lowest BCUT2D eigenvalue weighted by atomic mass is 10.0. The van der Waals surface area contributed by atoms with Crippen LogP contribution in [0.2, 0.25) is 0 Å². The van der Waals surface area contributed by atoms with Crippen molar-refractivity contribution in [2.75, 3.05) is 6.54 Å². The summed E-state index contributed by atoms with van der Waals surface area (Å²) in [7, 11) is 0. The summed E-state index contributed by atoms with van der Waals surface area (Å²) in [6, 6.07) is -0.118. The van der Waals surface area contributed by atoms with Crippen LogP contribution in [0.25, 0.3) is 0 Å². The first kappa shape index (κ1) is 18.2. The number of carbonyl (C=O) groups excluding carboxylic acids is 1. The molecule has 1 fully saturated rings. The van der Waals surface area contributed by atoms with Crippen molar-refractivity contribution in [3.63, 3.8) is 0 Å². The molecular weight excluding hydrogens is 313 g/mol. The molecule has 2 aliphatic rings. The zero-order chi connectivity index (χ0) is 13.2. The van der Waals surface area contributed by atoms with Gasteiger partial charge < -0.3 is 15.2 Å². The minimum atomic E-state index is -0.0735. The number of carbonyl (C=O) groups is 1. The van der Waals surface area contributed by atoms with Gasteiger partial charge in [-0.15, -0.1) is 35.0 Å². The molecule has 2 atom stereocenters. The fourth-order valence-corrected chi connectivity index (χ4v) is 2.95. The molecule has 2 aliphatic heterocycles. The van der Waals surface area contributed by atoms with Gasteiger partial charge in [0.05, 0.1) is 12.1 Å². The summed E-state index contributed by atoms with van der Waals surface area (Å²) in [5.74, 6) is 2.02. The summed E-state index contributed by atoms with van der Waals surface area (Å²) < 4.78 is 2.14. The summed E-state index contributed by atoms with van der Waals surface area (Å²) in [5.41, 5.74) is 0. The monoisotopic (exact) mass is 335 g/mol. The van der Waals surface area contributed by atoms with E-state index in [9.17, 15) is 4.79 Å². The predicted octanol–water partition coefficient (Wildman–Crippen LogP) is 1.39. The summed E-state index contributed by atoms with van der Waals surface area (Å²) in [6.45, 7) is 3.89. The van der Waals surface area contributed by atoms with Crippen molar-refractivity contribution >= 4 is 30.7 Å². The molecule has 1 amide bonds. The Kier molecular flexibility index (Phi) is 6.90. The van der Waals surface area contributed by atoms with Crippen molar-refractivity contribution < 1.29 is 4.79 Å². The van der Waals surface area contributed by atoms with Crippen LogP contribution >= 0.6 is 24.8 Å². The van der Waals surface area contributed by atoms with Crippen molar-refractivity contribution in [1.82, 2.24) is 25.4 Å². The van der Waals surface area contributed by atoms with Crippen LogP contribution in [-0.4, -0.2) is 33.3 Å². The molecule has 0 saturated carbocycles. The van der Waals surface area contributed by atoms with Crippen LogP contribution in [0.15, 0.2) is 0 Å². The molecule has 120 valence electrons. The molecule has 0 bridgehead atoms. The fraction of sp³-hybridized carbons (Fsp3) is 0.769. The lowest BCUT2D eigenvalue weighted by Gasteiger charge is -2.24. The predicted molar refractivity (Wildman–Crippen MR) is 85.0 cm³/mol. The molecule has 1 saturated heterocycles. The van der Waals surface area contributed by atoms with Crippen molar-refractivity contribution in [2.45, 2.75) is 57.7 Å². The second kappa shape index (κ2) is 7.96. The number of nitrogens with zero attached hydrogens (tertiary/aromatic N) is 3. The van der Waals surface area contributed by atoms with Crippen LogP contribution in [0.1, 0.15) is 50.3 Å². The highest BCUT2D eigenvalue weighted by molar-refractivity contribution is 5.85. The smallest absolute Gasteiger partial charge is 0.237 e. The summed E-state index contributed by atoms with van der Waals surface area (Å²) in [4.78, 5) is 12.2. The lowest BCUT2D eigenvalue weighted by molar-refractivity contribution is -0.124.